The topological polar surface area (TPSA) is 178 Å². The van der Waals surface area contributed by atoms with E-state index < -0.39 is 34.9 Å². The third kappa shape index (κ3) is 4.30. The van der Waals surface area contributed by atoms with Crippen molar-refractivity contribution in [1.82, 2.24) is 15.2 Å². The molecule has 2 atom stereocenters. The molecule has 1 fully saturated rings. The summed E-state index contributed by atoms with van der Waals surface area (Å²) < 4.78 is 0. The van der Waals surface area contributed by atoms with Crippen LogP contribution in [0, 0.1) is 0 Å². The van der Waals surface area contributed by atoms with Crippen LogP contribution in [-0.2, 0) is 14.4 Å². The molecule has 1 aromatic heterocycles. The number of carbonyl (C=O) groups excluding carboxylic acids is 2. The number of nitrogens with zero attached hydrogens (tertiary/aromatic N) is 3. The Labute approximate surface area is 182 Å². The van der Waals surface area contributed by atoms with E-state index in [-0.39, 0.29) is 23.1 Å². The van der Waals surface area contributed by atoms with Crippen LogP contribution in [0.15, 0.2) is 33.3 Å². The number of aliphatic hydroxyl groups is 1. The number of nitrogens with one attached hydrogen (secondary N) is 1. The Hall–Kier alpha value is -2.55. The van der Waals surface area contributed by atoms with Crippen LogP contribution in [0.25, 0.3) is 0 Å². The summed E-state index contributed by atoms with van der Waals surface area (Å²) >= 11 is 3.68. The van der Waals surface area contributed by atoms with Gasteiger partial charge in [-0.15, -0.1) is 34.9 Å². The molecule has 6 N–H and O–H groups in total. The lowest BCUT2D eigenvalue weighted by molar-refractivity contribution is -0.150. The fourth-order valence-corrected chi connectivity index (χ4v) is 5.21. The number of amides is 2. The summed E-state index contributed by atoms with van der Waals surface area (Å²) in [7, 11) is 0. The Balaban J connectivity index is 1.74. The fourth-order valence-electron chi connectivity index (χ4n) is 2.84. The smallest absolute Gasteiger partial charge is 0.352 e. The zero-order chi connectivity index (χ0) is 21.8. The highest BCUT2D eigenvalue weighted by Crippen LogP contribution is 2.40. The number of carboxylic acid groups (broad SMARTS) is 1. The fraction of sp³-hybridized carbons (Fsp3) is 0.312. The molecule has 0 unspecified atom stereocenters. The second-order valence-electron chi connectivity index (χ2n) is 5.96. The lowest BCUT2D eigenvalue weighted by Gasteiger charge is -2.49. The van der Waals surface area contributed by atoms with Gasteiger partial charge in [0.15, 0.2) is 10.8 Å². The zero-order valence-electron chi connectivity index (χ0n) is 15.2. The van der Waals surface area contributed by atoms with Gasteiger partial charge in [-0.25, -0.2) is 9.78 Å². The highest BCUT2D eigenvalue weighted by atomic mass is 32.2. The number of aromatic nitrogens is 1. The van der Waals surface area contributed by atoms with Crippen molar-refractivity contribution in [1.29, 1.82) is 0 Å². The van der Waals surface area contributed by atoms with Gasteiger partial charge >= 0.3 is 5.97 Å². The largest absolute Gasteiger partial charge is 0.477 e. The Morgan fingerprint density at radius 3 is 2.87 bits per heavy atom. The first-order chi connectivity index (χ1) is 14.4. The number of hydrogen-bond donors (Lipinski definition) is 5. The zero-order valence-corrected chi connectivity index (χ0v) is 17.7. The molecule has 30 heavy (non-hydrogen) atoms. The summed E-state index contributed by atoms with van der Waals surface area (Å²) in [6.45, 7) is -0.00468. The van der Waals surface area contributed by atoms with E-state index in [2.05, 4.69) is 15.5 Å². The molecule has 0 aliphatic carbocycles. The van der Waals surface area contributed by atoms with Crippen molar-refractivity contribution in [3.05, 3.63) is 33.8 Å². The first kappa shape index (κ1) is 22.1. The second kappa shape index (κ2) is 9.51. The maximum atomic E-state index is 12.6. The number of carboxylic acids is 1. The molecule has 2 aliphatic heterocycles. The molecular weight excluding hydrogens is 454 g/mol. The SMILES string of the molecule is Nc1nc(C(=NO)C(=O)N[C@@H]2C(=O)N3C(C(=O)O)=C(/C=C/SCCO)CS[C@H]23)cs1. The number of anilines is 1. The van der Waals surface area contributed by atoms with E-state index in [1.54, 1.807) is 11.5 Å². The number of fused-ring (bicyclic) bond motifs is 1. The summed E-state index contributed by atoms with van der Waals surface area (Å²) in [5.41, 5.74) is 5.51. The van der Waals surface area contributed by atoms with E-state index >= 15 is 0 Å². The molecule has 2 aliphatic rings. The third-order valence-electron chi connectivity index (χ3n) is 4.14. The lowest BCUT2D eigenvalue weighted by Crippen LogP contribution is -2.71. The van der Waals surface area contributed by atoms with Crippen LogP contribution in [-0.4, -0.2) is 78.3 Å². The van der Waals surface area contributed by atoms with Crippen LogP contribution in [0.5, 0.6) is 0 Å². The van der Waals surface area contributed by atoms with E-state index in [0.717, 1.165) is 16.2 Å². The average Bonchev–Trinajstić information content (AvgIpc) is 3.15. The number of nitrogen functional groups attached to an aromatic ring is 1. The van der Waals surface area contributed by atoms with E-state index in [1.807, 2.05) is 0 Å². The van der Waals surface area contributed by atoms with Gasteiger partial charge in [-0.1, -0.05) is 5.16 Å². The van der Waals surface area contributed by atoms with Gasteiger partial charge in [-0.3, -0.25) is 14.5 Å². The molecule has 11 nitrogen and oxygen atoms in total. The van der Waals surface area contributed by atoms with Crippen LogP contribution in [0.3, 0.4) is 0 Å². The minimum absolute atomic E-state index is 0.00468. The van der Waals surface area contributed by atoms with Crippen molar-refractivity contribution in [2.75, 3.05) is 23.8 Å². The summed E-state index contributed by atoms with van der Waals surface area (Å²) in [5, 5.41) is 35.7. The van der Waals surface area contributed by atoms with E-state index in [1.165, 1.54) is 28.9 Å². The number of β-lactam (4-membered cyclic amide) rings is 1. The molecule has 160 valence electrons. The summed E-state index contributed by atoms with van der Waals surface area (Å²) in [6, 6.07) is -0.973. The molecule has 2 amide bonds. The summed E-state index contributed by atoms with van der Waals surface area (Å²) in [4.78, 5) is 41.9. The minimum Gasteiger partial charge on any atom is -0.477 e. The van der Waals surface area contributed by atoms with Crippen molar-refractivity contribution >= 4 is 63.5 Å². The van der Waals surface area contributed by atoms with Crippen LogP contribution in [0.2, 0.25) is 0 Å². The first-order valence-electron chi connectivity index (χ1n) is 8.43. The molecule has 14 heteroatoms. The van der Waals surface area contributed by atoms with Crippen molar-refractivity contribution in [2.24, 2.45) is 5.16 Å². The molecular formula is C16H17N5O6S3. The van der Waals surface area contributed by atoms with Gasteiger partial charge < -0.3 is 26.5 Å². The monoisotopic (exact) mass is 471 g/mol. The number of allylic oxidation sites excluding steroid dienone is 1. The molecule has 0 spiro atoms. The number of aliphatic hydroxyl groups excluding tert-OH is 1. The summed E-state index contributed by atoms with van der Waals surface area (Å²) in [5.74, 6) is -1.86. The number of aliphatic carboxylic acids is 1. The van der Waals surface area contributed by atoms with Crippen LogP contribution >= 0.6 is 34.9 Å². The van der Waals surface area contributed by atoms with Crippen molar-refractivity contribution in [3.63, 3.8) is 0 Å². The molecule has 1 saturated heterocycles. The minimum atomic E-state index is -1.25. The molecule has 0 saturated carbocycles. The van der Waals surface area contributed by atoms with E-state index in [0.29, 0.717) is 17.1 Å². The van der Waals surface area contributed by atoms with Crippen molar-refractivity contribution in [2.45, 2.75) is 11.4 Å². The van der Waals surface area contributed by atoms with Crippen LogP contribution < -0.4 is 11.1 Å². The number of oxime groups is 1. The lowest BCUT2D eigenvalue weighted by atomic mass is 10.0. The quantitative estimate of drug-likeness (QED) is 0.113. The number of thioether (sulfide) groups is 2. The highest BCUT2D eigenvalue weighted by Gasteiger charge is 2.54. The van der Waals surface area contributed by atoms with Gasteiger partial charge in [-0.2, -0.15) is 0 Å². The van der Waals surface area contributed by atoms with Gasteiger partial charge in [0.25, 0.3) is 11.8 Å². The summed E-state index contributed by atoms with van der Waals surface area (Å²) in [6.07, 6.45) is 1.61. The maximum absolute atomic E-state index is 12.6. The molecule has 0 aromatic carbocycles. The van der Waals surface area contributed by atoms with Crippen molar-refractivity contribution < 1.29 is 29.8 Å². The Bertz CT molecular complexity index is 959. The van der Waals surface area contributed by atoms with Gasteiger partial charge in [0.05, 0.1) is 6.61 Å². The van der Waals surface area contributed by atoms with Crippen LogP contribution in [0.4, 0.5) is 5.13 Å². The number of thiazole rings is 1. The normalized spacial score (nSPS) is 21.6. The van der Waals surface area contributed by atoms with Gasteiger partial charge in [0.2, 0.25) is 0 Å². The Morgan fingerprint density at radius 1 is 1.50 bits per heavy atom. The Morgan fingerprint density at radius 2 is 2.27 bits per heavy atom. The third-order valence-corrected chi connectivity index (χ3v) is 6.86. The van der Waals surface area contributed by atoms with Gasteiger partial charge in [-0.05, 0) is 17.1 Å². The van der Waals surface area contributed by atoms with Crippen molar-refractivity contribution in [3.8, 4) is 0 Å². The first-order valence-corrected chi connectivity index (χ1v) is 11.4. The number of rotatable bonds is 8. The van der Waals surface area contributed by atoms with Gasteiger partial charge in [0.1, 0.15) is 22.8 Å². The average molecular weight is 472 g/mol. The van der Waals surface area contributed by atoms with Gasteiger partial charge in [0, 0.05) is 16.9 Å². The second-order valence-corrected chi connectivity index (χ2v) is 8.97. The van der Waals surface area contributed by atoms with Crippen LogP contribution in [0.1, 0.15) is 5.69 Å². The number of nitrogens with two attached hydrogens (primary N) is 1. The standard InChI is InChI=1S/C16H17N5O6S3/c17-16-18-8(6-30-16)9(20-27)12(23)19-10-13(24)21-11(15(25)26)7(5-29-14(10)21)1-3-28-4-2-22/h1,3,6,10,14,22,27H,2,4-5H2,(H2,17,18)(H,19,23)(H,25,26)/b3-1+,20-9?/t10-,14-/m1/s1. The number of carbonyl (C=O) groups is 3. The predicted octanol–water partition coefficient (Wildman–Crippen LogP) is -0.119. The Kier molecular flexibility index (Phi) is 7.02. The molecule has 3 heterocycles. The molecule has 0 bridgehead atoms. The molecule has 0 radical (unpaired) electrons. The molecule has 1 aromatic rings. The highest BCUT2D eigenvalue weighted by molar-refractivity contribution is 8.02. The van der Waals surface area contributed by atoms with E-state index in [9.17, 15) is 24.7 Å². The van der Waals surface area contributed by atoms with E-state index in [4.69, 9.17) is 10.8 Å². The number of hydrogen-bond acceptors (Lipinski definition) is 11. The molecule has 3 rings (SSSR count). The predicted molar refractivity (Wildman–Crippen MR) is 113 cm³/mol. The maximum Gasteiger partial charge on any atom is 0.352 e.